The molecule has 3 fully saturated rings. The van der Waals surface area contributed by atoms with E-state index in [2.05, 4.69) is 99.1 Å². The van der Waals surface area contributed by atoms with Crippen molar-refractivity contribution in [2.24, 2.45) is 0 Å². The van der Waals surface area contributed by atoms with Crippen LogP contribution in [-0.2, 0) is 13.8 Å². The molecule has 6 atom stereocenters. The van der Waals surface area contributed by atoms with E-state index < -0.39 is 22.8 Å². The van der Waals surface area contributed by atoms with Crippen LogP contribution in [0.15, 0.2) is 102 Å². The number of aromatic amines is 1. The summed E-state index contributed by atoms with van der Waals surface area (Å²) >= 11 is 0. The quantitative estimate of drug-likeness (QED) is 0.145. The van der Waals surface area contributed by atoms with E-state index in [0.717, 1.165) is 25.4 Å². The number of fused-ring (bicyclic) bond motifs is 2. The lowest BCUT2D eigenvalue weighted by molar-refractivity contribution is -0.0165. The predicted molar refractivity (Wildman–Crippen MR) is 196 cm³/mol. The number of ether oxygens (including phenoxy) is 1. The van der Waals surface area contributed by atoms with Crippen molar-refractivity contribution in [2.75, 3.05) is 11.9 Å². The summed E-state index contributed by atoms with van der Waals surface area (Å²) in [6.07, 6.45) is 3.71. The number of benzene rings is 3. The van der Waals surface area contributed by atoms with E-state index in [1.54, 1.807) is 24.3 Å². The van der Waals surface area contributed by atoms with Crippen LogP contribution in [0.4, 0.5) is 5.82 Å². The van der Waals surface area contributed by atoms with Gasteiger partial charge in [-0.15, -0.1) is 0 Å². The van der Waals surface area contributed by atoms with Gasteiger partial charge in [0.05, 0.1) is 18.3 Å². The van der Waals surface area contributed by atoms with Crippen LogP contribution in [0.3, 0.4) is 0 Å². The normalized spacial score (nSPS) is 25.2. The summed E-state index contributed by atoms with van der Waals surface area (Å²) < 4.78 is 24.3. The molecule has 0 aliphatic carbocycles. The number of carbonyl (C=O) groups excluding carboxylic acids is 1. The second-order valence-electron chi connectivity index (χ2n) is 13.5. The van der Waals surface area contributed by atoms with Crippen molar-refractivity contribution in [1.29, 1.82) is 0 Å². The third kappa shape index (κ3) is 6.14. The first kappa shape index (κ1) is 33.1. The van der Waals surface area contributed by atoms with Gasteiger partial charge in [-0.2, -0.15) is 0 Å². The van der Waals surface area contributed by atoms with Crippen LogP contribution in [0.25, 0.3) is 11.2 Å². The van der Waals surface area contributed by atoms with Crippen LogP contribution in [0, 0.1) is 0 Å². The molecule has 5 heterocycles. The van der Waals surface area contributed by atoms with Gasteiger partial charge in [0.25, 0.3) is 14.4 Å². The average Bonchev–Trinajstić information content (AvgIpc) is 3.94. The Kier molecular flexibility index (Phi) is 9.24. The van der Waals surface area contributed by atoms with Crippen molar-refractivity contribution in [3.05, 3.63) is 113 Å². The lowest BCUT2D eigenvalue weighted by Crippen LogP contribution is -2.58. The van der Waals surface area contributed by atoms with Gasteiger partial charge in [0, 0.05) is 24.6 Å². The van der Waals surface area contributed by atoms with E-state index in [0.29, 0.717) is 35.6 Å². The van der Waals surface area contributed by atoms with Crippen LogP contribution < -0.4 is 21.4 Å². The molecule has 11 nitrogen and oxygen atoms in total. The van der Waals surface area contributed by atoms with Crippen LogP contribution in [0.1, 0.15) is 49.2 Å². The van der Waals surface area contributed by atoms with Crippen LogP contribution >= 0.6 is 8.53 Å². The van der Waals surface area contributed by atoms with Gasteiger partial charge in [-0.1, -0.05) is 103 Å². The number of carbonyl (C=O) groups is 1. The van der Waals surface area contributed by atoms with Crippen molar-refractivity contribution in [3.8, 4) is 0 Å². The molecule has 0 radical (unpaired) electrons. The first-order valence-electron chi connectivity index (χ1n) is 17.4. The van der Waals surface area contributed by atoms with Crippen LogP contribution in [0.5, 0.6) is 0 Å². The number of amides is 1. The molecule has 1 amide bonds. The Hall–Kier alpha value is -4.03. The minimum atomic E-state index is -2.14. The molecule has 0 bridgehead atoms. The summed E-state index contributed by atoms with van der Waals surface area (Å²) in [5.41, 5.74) is 0.807. The fourth-order valence-electron chi connectivity index (χ4n) is 7.80. The maximum absolute atomic E-state index is 13.4. The summed E-state index contributed by atoms with van der Waals surface area (Å²) in [7, 11) is -3.44. The van der Waals surface area contributed by atoms with Crippen molar-refractivity contribution in [2.45, 2.75) is 75.8 Å². The van der Waals surface area contributed by atoms with Crippen molar-refractivity contribution >= 4 is 49.9 Å². The minimum Gasteiger partial charge on any atom is -0.352 e. The molecule has 50 heavy (non-hydrogen) atoms. The minimum absolute atomic E-state index is 0.0661. The topological polar surface area (TPSA) is 124 Å². The summed E-state index contributed by atoms with van der Waals surface area (Å²) in [6, 6.07) is 32.0. The Morgan fingerprint density at radius 2 is 1.68 bits per heavy atom. The first-order chi connectivity index (χ1) is 24.4. The molecule has 3 aliphatic heterocycles. The zero-order chi connectivity index (χ0) is 34.2. The number of nitrogens with one attached hydrogen (secondary N) is 2. The Balaban J connectivity index is 1.02. The largest absolute Gasteiger partial charge is 0.352 e. The van der Waals surface area contributed by atoms with E-state index in [1.165, 1.54) is 21.3 Å². The van der Waals surface area contributed by atoms with Gasteiger partial charge in [-0.05, 0) is 37.4 Å². The van der Waals surface area contributed by atoms with E-state index in [-0.39, 0.29) is 35.7 Å². The number of rotatable bonds is 10. The second kappa shape index (κ2) is 13.9. The maximum Gasteiger partial charge on any atom is 0.329 e. The van der Waals surface area contributed by atoms with Crippen LogP contribution in [-0.4, -0.2) is 69.1 Å². The highest BCUT2D eigenvalue weighted by Crippen LogP contribution is 2.59. The van der Waals surface area contributed by atoms with Gasteiger partial charge in [-0.25, -0.2) is 24.0 Å². The molecule has 258 valence electrons. The molecule has 3 saturated heterocycles. The van der Waals surface area contributed by atoms with Crippen molar-refractivity contribution in [1.82, 2.24) is 24.2 Å². The molecule has 0 spiro atoms. The fraction of sp³-hybridized carbons (Fsp3) is 0.351. The maximum atomic E-state index is 13.4. The molecule has 3 aromatic carbocycles. The SMILES string of the molecule is CC[C@H]1O[C@@H](n2c(=O)[nH]c3c(NC(=O)c4ccccc4)ncnc32)CC1O[P@@]1O[C@H](C[Si](C)(c2ccccc2)c2ccccc2)[C@@H]2CCCN21. The lowest BCUT2D eigenvalue weighted by atomic mass is 10.1. The molecular formula is C37H41N6O5PSi. The van der Waals surface area contributed by atoms with Gasteiger partial charge in [0.2, 0.25) is 0 Å². The molecule has 2 aromatic heterocycles. The van der Waals surface area contributed by atoms with Gasteiger partial charge in [-0.3, -0.25) is 4.79 Å². The Bertz CT molecular complexity index is 1980. The lowest BCUT2D eigenvalue weighted by Gasteiger charge is -2.32. The smallest absolute Gasteiger partial charge is 0.329 e. The average molecular weight is 709 g/mol. The highest BCUT2D eigenvalue weighted by Gasteiger charge is 2.52. The molecule has 1 unspecified atom stereocenters. The summed E-state index contributed by atoms with van der Waals surface area (Å²) in [4.78, 5) is 37.9. The Morgan fingerprint density at radius 1 is 1.00 bits per heavy atom. The molecule has 8 rings (SSSR count). The predicted octanol–water partition coefficient (Wildman–Crippen LogP) is 5.44. The van der Waals surface area contributed by atoms with Gasteiger partial charge < -0.3 is 24.1 Å². The Labute approximate surface area is 293 Å². The monoisotopic (exact) mass is 708 g/mol. The molecular weight excluding hydrogens is 668 g/mol. The van der Waals surface area contributed by atoms with Crippen molar-refractivity contribution in [3.63, 3.8) is 0 Å². The third-order valence-electron chi connectivity index (χ3n) is 10.4. The van der Waals surface area contributed by atoms with Crippen molar-refractivity contribution < 1.29 is 18.6 Å². The number of aromatic nitrogens is 4. The molecule has 5 aromatic rings. The molecule has 0 saturated carbocycles. The third-order valence-corrected chi connectivity index (χ3v) is 16.7. The molecule has 3 aliphatic rings. The van der Waals surface area contributed by atoms with Gasteiger partial charge in [0.1, 0.15) is 26.1 Å². The van der Waals surface area contributed by atoms with E-state index in [1.807, 2.05) is 6.07 Å². The summed E-state index contributed by atoms with van der Waals surface area (Å²) in [5.74, 6) is -0.100. The number of imidazole rings is 1. The zero-order valence-electron chi connectivity index (χ0n) is 28.1. The van der Waals surface area contributed by atoms with Gasteiger partial charge >= 0.3 is 5.69 Å². The number of H-pyrrole nitrogens is 1. The summed E-state index contributed by atoms with van der Waals surface area (Å²) in [6.45, 7) is 5.49. The number of hydrogen-bond donors (Lipinski definition) is 2. The van der Waals surface area contributed by atoms with Crippen LogP contribution in [0.2, 0.25) is 12.6 Å². The van der Waals surface area contributed by atoms with Gasteiger partial charge in [0.15, 0.2) is 11.5 Å². The highest BCUT2D eigenvalue weighted by molar-refractivity contribution is 7.45. The zero-order valence-corrected chi connectivity index (χ0v) is 30.0. The van der Waals surface area contributed by atoms with E-state index in [4.69, 9.17) is 13.8 Å². The van der Waals surface area contributed by atoms with E-state index >= 15 is 0 Å². The standard InChI is InChI=1S/C37H41N6O5PSi/c1-3-29-30(22-32(46-29)43-35-33(40-37(43)45)34(38-24-39-35)41-36(44)25-14-7-4-8-15-25)47-49-42-21-13-20-28(42)31(48-49)23-50(2,26-16-9-5-10-17-26)27-18-11-6-12-19-27/h4-12,14-19,24,28-32H,3,13,20-23H2,1-2H3,(H,40,45)(H,38,39,41,44)/t28-,29+,30?,31+,32+,49-/m0/s1. The number of hydrogen-bond acceptors (Lipinski definition) is 8. The number of nitrogens with zero attached hydrogens (tertiary/aromatic N) is 4. The second-order valence-corrected chi connectivity index (χ2v) is 19.1. The van der Waals surface area contributed by atoms with E-state index in [9.17, 15) is 9.59 Å². The highest BCUT2D eigenvalue weighted by atomic mass is 31.2. The summed E-state index contributed by atoms with van der Waals surface area (Å²) in [5, 5.41) is 5.63. The number of anilines is 1. The Morgan fingerprint density at radius 3 is 2.36 bits per heavy atom. The first-order valence-corrected chi connectivity index (χ1v) is 21.2. The fourth-order valence-corrected chi connectivity index (χ4v) is 13.8. The molecule has 2 N–H and O–H groups in total. The molecule has 13 heteroatoms.